The third kappa shape index (κ3) is 5.02. The standard InChI is InChI=1S/C23H29F3N4/c1-29(21-6-2-4-18-5-3-11-28-22(18)21)15-20-16-30(13-12-27-20)14-17-7-9-19(10-8-17)23(24,25)26/h3,5,7-11,20-21,27H,2,4,6,12-16H2,1H3/t20-,21-/m0/s1. The fraction of sp³-hybridized carbons (Fsp3) is 0.522. The second-order valence-corrected chi connectivity index (χ2v) is 8.48. The van der Waals surface area contributed by atoms with Gasteiger partial charge in [-0.3, -0.25) is 14.8 Å². The Labute approximate surface area is 176 Å². The molecule has 1 N–H and O–H groups in total. The Balaban J connectivity index is 1.34. The van der Waals surface area contributed by atoms with Gasteiger partial charge in [0.2, 0.25) is 0 Å². The van der Waals surface area contributed by atoms with Crippen LogP contribution in [0.2, 0.25) is 0 Å². The van der Waals surface area contributed by atoms with Crippen molar-refractivity contribution in [3.05, 3.63) is 65.0 Å². The van der Waals surface area contributed by atoms with Gasteiger partial charge in [0.15, 0.2) is 0 Å². The lowest BCUT2D eigenvalue weighted by atomic mass is 9.91. The third-order valence-corrected chi connectivity index (χ3v) is 6.23. The zero-order chi connectivity index (χ0) is 21.1. The summed E-state index contributed by atoms with van der Waals surface area (Å²) in [5, 5.41) is 3.61. The maximum atomic E-state index is 12.8. The monoisotopic (exact) mass is 418 g/mol. The lowest BCUT2D eigenvalue weighted by Gasteiger charge is -2.39. The van der Waals surface area contributed by atoms with Crippen LogP contribution in [0.4, 0.5) is 13.2 Å². The minimum atomic E-state index is -4.28. The number of benzene rings is 1. The summed E-state index contributed by atoms with van der Waals surface area (Å²) < 4.78 is 38.3. The predicted molar refractivity (Wildman–Crippen MR) is 111 cm³/mol. The molecule has 0 amide bonds. The Kier molecular flexibility index (Phi) is 6.41. The Morgan fingerprint density at radius 1 is 1.20 bits per heavy atom. The average molecular weight is 419 g/mol. The van der Waals surface area contributed by atoms with Gasteiger partial charge in [0, 0.05) is 45.0 Å². The number of pyridine rings is 1. The summed E-state index contributed by atoms with van der Waals surface area (Å²) in [4.78, 5) is 9.39. The molecule has 1 aliphatic carbocycles. The molecule has 30 heavy (non-hydrogen) atoms. The number of likely N-dealkylation sites (N-methyl/N-ethyl adjacent to an activating group) is 1. The number of nitrogens with zero attached hydrogens (tertiary/aromatic N) is 3. The van der Waals surface area contributed by atoms with E-state index < -0.39 is 11.7 Å². The molecule has 1 saturated heterocycles. The minimum Gasteiger partial charge on any atom is -0.310 e. The lowest BCUT2D eigenvalue weighted by Crippen LogP contribution is -2.54. The zero-order valence-corrected chi connectivity index (χ0v) is 17.3. The predicted octanol–water partition coefficient (Wildman–Crippen LogP) is 3.88. The average Bonchev–Trinajstić information content (AvgIpc) is 2.73. The van der Waals surface area contributed by atoms with Gasteiger partial charge in [-0.1, -0.05) is 18.2 Å². The topological polar surface area (TPSA) is 31.4 Å². The van der Waals surface area contributed by atoms with Crippen LogP contribution in [0.25, 0.3) is 0 Å². The highest BCUT2D eigenvalue weighted by Gasteiger charge is 2.30. The lowest BCUT2D eigenvalue weighted by molar-refractivity contribution is -0.137. The smallest absolute Gasteiger partial charge is 0.310 e. The van der Waals surface area contributed by atoms with Crippen molar-refractivity contribution in [2.45, 2.75) is 44.1 Å². The highest BCUT2D eigenvalue weighted by atomic mass is 19.4. The molecule has 1 aromatic heterocycles. The van der Waals surface area contributed by atoms with Crippen LogP contribution in [0.1, 0.15) is 41.3 Å². The summed E-state index contributed by atoms with van der Waals surface area (Å²) >= 11 is 0. The highest BCUT2D eigenvalue weighted by molar-refractivity contribution is 5.26. The second-order valence-electron chi connectivity index (χ2n) is 8.48. The van der Waals surface area contributed by atoms with Gasteiger partial charge in [0.1, 0.15) is 0 Å². The summed E-state index contributed by atoms with van der Waals surface area (Å²) in [5.74, 6) is 0. The molecular weight excluding hydrogens is 389 g/mol. The molecule has 162 valence electrons. The fourth-order valence-electron chi connectivity index (χ4n) is 4.71. The van der Waals surface area contributed by atoms with Gasteiger partial charge in [-0.2, -0.15) is 13.2 Å². The number of hydrogen-bond donors (Lipinski definition) is 1. The third-order valence-electron chi connectivity index (χ3n) is 6.23. The largest absolute Gasteiger partial charge is 0.416 e. The number of rotatable bonds is 5. The van der Waals surface area contributed by atoms with E-state index >= 15 is 0 Å². The van der Waals surface area contributed by atoms with Crippen LogP contribution in [0.3, 0.4) is 0 Å². The SMILES string of the molecule is CN(C[C@H]1CN(Cc2ccc(C(F)(F)F)cc2)CCN1)[C@H]1CCCc2cccnc21. The van der Waals surface area contributed by atoms with E-state index in [0.29, 0.717) is 18.6 Å². The van der Waals surface area contributed by atoms with Crippen molar-refractivity contribution >= 4 is 0 Å². The van der Waals surface area contributed by atoms with Crippen molar-refractivity contribution < 1.29 is 13.2 Å². The van der Waals surface area contributed by atoms with E-state index in [0.717, 1.165) is 44.6 Å². The Bertz CT molecular complexity index is 837. The summed E-state index contributed by atoms with van der Waals surface area (Å²) in [7, 11) is 2.17. The van der Waals surface area contributed by atoms with E-state index in [1.165, 1.54) is 29.8 Å². The number of aryl methyl sites for hydroxylation is 1. The van der Waals surface area contributed by atoms with E-state index in [4.69, 9.17) is 0 Å². The van der Waals surface area contributed by atoms with Gasteiger partial charge >= 0.3 is 6.18 Å². The van der Waals surface area contributed by atoms with E-state index in [1.54, 1.807) is 12.1 Å². The van der Waals surface area contributed by atoms with Crippen LogP contribution in [0.15, 0.2) is 42.6 Å². The van der Waals surface area contributed by atoms with Crippen molar-refractivity contribution in [1.29, 1.82) is 0 Å². The maximum absolute atomic E-state index is 12.8. The number of alkyl halides is 3. The molecule has 2 aromatic rings. The molecule has 2 heterocycles. The first-order chi connectivity index (χ1) is 14.4. The minimum absolute atomic E-state index is 0.326. The van der Waals surface area contributed by atoms with E-state index in [2.05, 4.69) is 33.2 Å². The fourth-order valence-corrected chi connectivity index (χ4v) is 4.71. The Morgan fingerprint density at radius 3 is 2.77 bits per heavy atom. The number of nitrogens with one attached hydrogen (secondary N) is 1. The van der Waals surface area contributed by atoms with Crippen LogP contribution in [-0.4, -0.2) is 54.1 Å². The number of halogens is 3. The van der Waals surface area contributed by atoms with Gasteiger partial charge in [-0.25, -0.2) is 0 Å². The molecule has 1 aliphatic heterocycles. The molecule has 7 heteroatoms. The van der Waals surface area contributed by atoms with Crippen molar-refractivity contribution in [3.8, 4) is 0 Å². The normalized spacial score (nSPS) is 22.8. The molecule has 0 saturated carbocycles. The van der Waals surface area contributed by atoms with Crippen LogP contribution in [-0.2, 0) is 19.1 Å². The first-order valence-corrected chi connectivity index (χ1v) is 10.7. The molecule has 2 atom stereocenters. The van der Waals surface area contributed by atoms with Gasteiger partial charge in [-0.05, 0) is 55.6 Å². The molecule has 2 aliphatic rings. The number of fused-ring (bicyclic) bond motifs is 1. The molecule has 1 aromatic carbocycles. The van der Waals surface area contributed by atoms with Crippen molar-refractivity contribution in [2.75, 3.05) is 33.2 Å². The van der Waals surface area contributed by atoms with Crippen molar-refractivity contribution in [2.24, 2.45) is 0 Å². The zero-order valence-electron chi connectivity index (χ0n) is 17.3. The van der Waals surface area contributed by atoms with E-state index in [-0.39, 0.29) is 0 Å². The van der Waals surface area contributed by atoms with Crippen molar-refractivity contribution in [3.63, 3.8) is 0 Å². The van der Waals surface area contributed by atoms with Crippen molar-refractivity contribution in [1.82, 2.24) is 20.1 Å². The summed E-state index contributed by atoms with van der Waals surface area (Å²) in [5.41, 5.74) is 2.90. The molecule has 0 radical (unpaired) electrons. The molecule has 4 rings (SSSR count). The van der Waals surface area contributed by atoms with Crippen LogP contribution in [0.5, 0.6) is 0 Å². The first-order valence-electron chi connectivity index (χ1n) is 10.7. The Morgan fingerprint density at radius 2 is 2.00 bits per heavy atom. The number of aromatic nitrogens is 1. The van der Waals surface area contributed by atoms with Gasteiger partial charge in [0.05, 0.1) is 17.3 Å². The van der Waals surface area contributed by atoms with Crippen LogP contribution in [0, 0.1) is 0 Å². The van der Waals surface area contributed by atoms with Gasteiger partial charge in [-0.15, -0.1) is 0 Å². The van der Waals surface area contributed by atoms with Gasteiger partial charge < -0.3 is 5.32 Å². The molecule has 0 unspecified atom stereocenters. The molecule has 1 fully saturated rings. The quantitative estimate of drug-likeness (QED) is 0.799. The number of piperazine rings is 1. The molecule has 4 nitrogen and oxygen atoms in total. The second kappa shape index (κ2) is 9.04. The first kappa shape index (κ1) is 21.3. The highest BCUT2D eigenvalue weighted by Crippen LogP contribution is 2.32. The van der Waals surface area contributed by atoms with Crippen LogP contribution >= 0.6 is 0 Å². The summed E-state index contributed by atoms with van der Waals surface area (Å²) in [6.07, 6.45) is 1.02. The van der Waals surface area contributed by atoms with E-state index in [9.17, 15) is 13.2 Å². The Hall–Kier alpha value is -1.96. The molecule has 0 bridgehead atoms. The molecular formula is C23H29F3N4. The maximum Gasteiger partial charge on any atom is 0.416 e. The van der Waals surface area contributed by atoms with Gasteiger partial charge in [0.25, 0.3) is 0 Å². The summed E-state index contributed by atoms with van der Waals surface area (Å²) in [6.45, 7) is 4.26. The molecule has 0 spiro atoms. The summed E-state index contributed by atoms with van der Waals surface area (Å²) in [6, 6.07) is 10.4. The van der Waals surface area contributed by atoms with E-state index in [1.807, 2.05) is 12.3 Å². The number of hydrogen-bond acceptors (Lipinski definition) is 4. The van der Waals surface area contributed by atoms with Crippen LogP contribution < -0.4 is 5.32 Å².